The minimum Gasteiger partial charge on any atom is -0.323 e. The fraction of sp³-hybridized carbons (Fsp3) is 0. The van der Waals surface area contributed by atoms with E-state index >= 15 is 0 Å². The summed E-state index contributed by atoms with van der Waals surface area (Å²) in [6.45, 7) is 0. The molecule has 0 atom stereocenters. The lowest BCUT2D eigenvalue weighted by molar-refractivity contribution is 0.102. The van der Waals surface area contributed by atoms with Crippen LogP contribution < -0.4 is 10.6 Å². The Hall–Kier alpha value is -3.93. The Bertz CT molecular complexity index is 1070. The molecular formula is C18H10F3N5O. The van der Waals surface area contributed by atoms with E-state index in [0.29, 0.717) is 17.3 Å². The number of benzene rings is 2. The summed E-state index contributed by atoms with van der Waals surface area (Å²) in [6.07, 6.45) is 1.28. The first-order valence-electron chi connectivity index (χ1n) is 7.53. The van der Waals surface area contributed by atoms with Crippen LogP contribution in [0, 0.1) is 28.8 Å². The number of hydrogen-bond donors (Lipinski definition) is 2. The van der Waals surface area contributed by atoms with E-state index in [1.54, 1.807) is 24.3 Å². The average molecular weight is 369 g/mol. The third-order valence-corrected chi connectivity index (χ3v) is 3.47. The Morgan fingerprint density at radius 2 is 1.78 bits per heavy atom. The second-order valence-electron chi connectivity index (χ2n) is 5.22. The van der Waals surface area contributed by atoms with E-state index in [9.17, 15) is 18.0 Å². The summed E-state index contributed by atoms with van der Waals surface area (Å²) in [5.41, 5.74) is 0.108. The summed E-state index contributed by atoms with van der Waals surface area (Å²) in [4.78, 5) is 20.1. The number of nitriles is 1. The van der Waals surface area contributed by atoms with E-state index in [1.165, 1.54) is 12.3 Å². The van der Waals surface area contributed by atoms with Gasteiger partial charge in [0.15, 0.2) is 17.5 Å². The third kappa shape index (κ3) is 3.85. The van der Waals surface area contributed by atoms with Gasteiger partial charge in [0.2, 0.25) is 5.95 Å². The number of anilines is 3. The molecule has 0 aliphatic rings. The molecule has 6 nitrogen and oxygen atoms in total. The van der Waals surface area contributed by atoms with E-state index < -0.39 is 29.0 Å². The Morgan fingerprint density at radius 3 is 2.56 bits per heavy atom. The third-order valence-electron chi connectivity index (χ3n) is 3.47. The maximum atomic E-state index is 13.7. The molecule has 9 heteroatoms. The minimum absolute atomic E-state index is 0.0242. The highest BCUT2D eigenvalue weighted by Crippen LogP contribution is 2.21. The molecule has 1 heterocycles. The van der Waals surface area contributed by atoms with Gasteiger partial charge >= 0.3 is 0 Å². The topological polar surface area (TPSA) is 90.7 Å². The number of nitrogens with one attached hydrogen (secondary N) is 2. The first-order chi connectivity index (χ1) is 13.0. The molecule has 134 valence electrons. The van der Waals surface area contributed by atoms with Gasteiger partial charge in [-0.3, -0.25) is 4.79 Å². The van der Waals surface area contributed by atoms with Gasteiger partial charge in [0.25, 0.3) is 5.91 Å². The number of rotatable bonds is 4. The van der Waals surface area contributed by atoms with Gasteiger partial charge in [0.05, 0.1) is 16.9 Å². The Kier molecular flexibility index (Phi) is 4.99. The van der Waals surface area contributed by atoms with Crippen LogP contribution in [0.5, 0.6) is 0 Å². The van der Waals surface area contributed by atoms with Crippen molar-refractivity contribution in [1.82, 2.24) is 9.97 Å². The number of nitrogens with zero attached hydrogens (tertiary/aromatic N) is 3. The molecule has 0 spiro atoms. The lowest BCUT2D eigenvalue weighted by Gasteiger charge is -2.09. The molecule has 0 aliphatic heterocycles. The smallest absolute Gasteiger partial charge is 0.274 e. The molecule has 0 saturated heterocycles. The molecule has 0 saturated carbocycles. The molecule has 1 amide bonds. The molecule has 0 radical (unpaired) electrons. The zero-order chi connectivity index (χ0) is 19.4. The predicted octanol–water partition coefficient (Wildman–Crippen LogP) is 3.76. The highest BCUT2D eigenvalue weighted by Gasteiger charge is 2.17. The minimum atomic E-state index is -1.69. The zero-order valence-corrected chi connectivity index (χ0v) is 13.5. The van der Waals surface area contributed by atoms with Crippen molar-refractivity contribution in [2.24, 2.45) is 0 Å². The van der Waals surface area contributed by atoms with Gasteiger partial charge in [-0.2, -0.15) is 5.26 Å². The number of para-hydroxylation sites is 1. The van der Waals surface area contributed by atoms with E-state index in [4.69, 9.17) is 5.26 Å². The van der Waals surface area contributed by atoms with Crippen molar-refractivity contribution in [2.75, 3.05) is 10.6 Å². The number of halogens is 3. The predicted molar refractivity (Wildman–Crippen MR) is 90.7 cm³/mol. The van der Waals surface area contributed by atoms with Crippen LogP contribution in [0.1, 0.15) is 16.1 Å². The van der Waals surface area contributed by atoms with Crippen molar-refractivity contribution in [3.63, 3.8) is 0 Å². The number of amides is 1. The Labute approximate surface area is 151 Å². The van der Waals surface area contributed by atoms with Crippen LogP contribution in [0.15, 0.2) is 48.7 Å². The van der Waals surface area contributed by atoms with Crippen LogP contribution in [-0.4, -0.2) is 15.9 Å². The number of hydrogen-bond acceptors (Lipinski definition) is 5. The van der Waals surface area contributed by atoms with Gasteiger partial charge in [0, 0.05) is 6.20 Å². The van der Waals surface area contributed by atoms with Crippen LogP contribution in [-0.2, 0) is 0 Å². The highest BCUT2D eigenvalue weighted by molar-refractivity contribution is 6.03. The van der Waals surface area contributed by atoms with Crippen LogP contribution in [0.2, 0.25) is 0 Å². The molecule has 2 N–H and O–H groups in total. The second kappa shape index (κ2) is 7.53. The normalized spacial score (nSPS) is 10.1. The number of carbonyl (C=O) groups is 1. The lowest BCUT2D eigenvalue weighted by atomic mass is 10.2. The number of carbonyl (C=O) groups excluding carboxylic acids is 1. The SMILES string of the molecule is N#Cc1ccccc1Nc1nccc(C(=O)Nc2ccc(F)c(F)c2F)n1. The van der Waals surface area contributed by atoms with Crippen LogP contribution in [0.4, 0.5) is 30.5 Å². The summed E-state index contributed by atoms with van der Waals surface area (Å²) in [5.74, 6) is -5.39. The maximum Gasteiger partial charge on any atom is 0.274 e. The molecule has 27 heavy (non-hydrogen) atoms. The largest absolute Gasteiger partial charge is 0.323 e. The highest BCUT2D eigenvalue weighted by atomic mass is 19.2. The fourth-order valence-corrected chi connectivity index (χ4v) is 2.16. The number of aromatic nitrogens is 2. The molecule has 1 aromatic heterocycles. The molecule has 3 rings (SSSR count). The molecule has 3 aromatic rings. The van der Waals surface area contributed by atoms with Crippen molar-refractivity contribution in [3.8, 4) is 6.07 Å². The quantitative estimate of drug-likeness (QED) is 0.684. The van der Waals surface area contributed by atoms with Crippen molar-refractivity contribution >= 4 is 23.2 Å². The second-order valence-corrected chi connectivity index (χ2v) is 5.22. The fourth-order valence-electron chi connectivity index (χ4n) is 2.16. The van der Waals surface area contributed by atoms with Crippen LogP contribution in [0.25, 0.3) is 0 Å². The molecule has 0 unspecified atom stereocenters. The van der Waals surface area contributed by atoms with Crippen LogP contribution >= 0.6 is 0 Å². The maximum absolute atomic E-state index is 13.7. The lowest BCUT2D eigenvalue weighted by Crippen LogP contribution is -2.16. The van der Waals surface area contributed by atoms with E-state index in [1.807, 2.05) is 6.07 Å². The average Bonchev–Trinajstić information content (AvgIpc) is 2.69. The Morgan fingerprint density at radius 1 is 1.00 bits per heavy atom. The summed E-state index contributed by atoms with van der Waals surface area (Å²) in [7, 11) is 0. The van der Waals surface area contributed by atoms with E-state index in [0.717, 1.165) is 6.07 Å². The first kappa shape index (κ1) is 17.9. The van der Waals surface area contributed by atoms with Gasteiger partial charge in [0.1, 0.15) is 11.8 Å². The van der Waals surface area contributed by atoms with Gasteiger partial charge in [-0.1, -0.05) is 12.1 Å². The summed E-state index contributed by atoms with van der Waals surface area (Å²) < 4.78 is 39.9. The summed E-state index contributed by atoms with van der Waals surface area (Å²) >= 11 is 0. The van der Waals surface area contributed by atoms with Crippen molar-refractivity contribution in [1.29, 1.82) is 5.26 Å². The van der Waals surface area contributed by atoms with Crippen molar-refractivity contribution in [3.05, 3.63) is 77.4 Å². The molecule has 0 fully saturated rings. The van der Waals surface area contributed by atoms with Crippen molar-refractivity contribution in [2.45, 2.75) is 0 Å². The van der Waals surface area contributed by atoms with E-state index in [-0.39, 0.29) is 11.6 Å². The van der Waals surface area contributed by atoms with Crippen molar-refractivity contribution < 1.29 is 18.0 Å². The molecule has 0 aliphatic carbocycles. The van der Waals surface area contributed by atoms with Gasteiger partial charge in [-0.25, -0.2) is 23.1 Å². The van der Waals surface area contributed by atoms with E-state index in [2.05, 4.69) is 20.6 Å². The van der Waals surface area contributed by atoms with Gasteiger partial charge in [-0.05, 0) is 30.3 Å². The monoisotopic (exact) mass is 369 g/mol. The molecular weight excluding hydrogens is 359 g/mol. The molecule has 0 bridgehead atoms. The van der Waals surface area contributed by atoms with Gasteiger partial charge < -0.3 is 10.6 Å². The summed E-state index contributed by atoms with van der Waals surface area (Å²) in [6, 6.07) is 11.5. The standard InChI is InChI=1S/C18H10F3N5O/c19-11-5-6-13(16(21)15(11)20)24-17(27)14-7-8-23-18(26-14)25-12-4-2-1-3-10(12)9-22/h1-8H,(H,24,27)(H,23,25,26). The van der Waals surface area contributed by atoms with Crippen LogP contribution in [0.3, 0.4) is 0 Å². The Balaban J connectivity index is 1.82. The zero-order valence-electron chi connectivity index (χ0n) is 13.5. The summed E-state index contributed by atoms with van der Waals surface area (Å²) in [5, 5.41) is 14.0. The molecule has 2 aromatic carbocycles. The first-order valence-corrected chi connectivity index (χ1v) is 7.53. The van der Waals surface area contributed by atoms with Gasteiger partial charge in [-0.15, -0.1) is 0 Å².